The van der Waals surface area contributed by atoms with Gasteiger partial charge in [0.15, 0.2) is 0 Å². The van der Waals surface area contributed by atoms with Crippen molar-refractivity contribution in [2.75, 3.05) is 39.3 Å². The zero-order valence-electron chi connectivity index (χ0n) is 13.5. The minimum absolute atomic E-state index is 0.166. The molecule has 4 heteroatoms. The van der Waals surface area contributed by atoms with Crippen LogP contribution in [-0.4, -0.2) is 61.0 Å². The van der Waals surface area contributed by atoms with Crippen LogP contribution < -0.4 is 5.32 Å². The van der Waals surface area contributed by atoms with Gasteiger partial charge in [-0.3, -0.25) is 9.69 Å². The molecule has 0 aliphatic carbocycles. The van der Waals surface area contributed by atoms with Crippen molar-refractivity contribution in [1.29, 1.82) is 0 Å². The summed E-state index contributed by atoms with van der Waals surface area (Å²) < 4.78 is 0. The predicted molar refractivity (Wildman–Crippen MR) is 89.3 cm³/mol. The fourth-order valence-corrected chi connectivity index (χ4v) is 2.82. The number of amides is 1. The molecular formula is C17H31N3O. The van der Waals surface area contributed by atoms with E-state index < -0.39 is 0 Å². The van der Waals surface area contributed by atoms with E-state index in [0.29, 0.717) is 25.7 Å². The molecule has 0 aromatic carbocycles. The van der Waals surface area contributed by atoms with Crippen molar-refractivity contribution in [1.82, 2.24) is 15.1 Å². The topological polar surface area (TPSA) is 35.6 Å². The van der Waals surface area contributed by atoms with Crippen LogP contribution in [0.2, 0.25) is 0 Å². The summed E-state index contributed by atoms with van der Waals surface area (Å²) in [4.78, 5) is 16.5. The number of rotatable bonds is 10. The number of piperidine rings is 1. The maximum atomic E-state index is 12.4. The highest BCUT2D eigenvalue weighted by Gasteiger charge is 2.20. The van der Waals surface area contributed by atoms with Crippen LogP contribution in [0.4, 0.5) is 0 Å². The van der Waals surface area contributed by atoms with Crippen molar-refractivity contribution in [3.63, 3.8) is 0 Å². The van der Waals surface area contributed by atoms with Gasteiger partial charge in [0.1, 0.15) is 0 Å². The second-order valence-corrected chi connectivity index (χ2v) is 5.76. The Kier molecular flexibility index (Phi) is 9.02. The summed E-state index contributed by atoms with van der Waals surface area (Å²) in [6.07, 6.45) is 8.41. The van der Waals surface area contributed by atoms with Crippen LogP contribution in [0.5, 0.6) is 0 Å². The fourth-order valence-electron chi connectivity index (χ4n) is 2.82. The van der Waals surface area contributed by atoms with Crippen LogP contribution in [0.1, 0.15) is 32.6 Å². The van der Waals surface area contributed by atoms with Gasteiger partial charge in [0, 0.05) is 25.7 Å². The second-order valence-electron chi connectivity index (χ2n) is 5.76. The Labute approximate surface area is 129 Å². The number of nitrogens with zero attached hydrogens (tertiary/aromatic N) is 2. The smallest absolute Gasteiger partial charge is 0.237 e. The van der Waals surface area contributed by atoms with E-state index in [1.165, 1.54) is 19.3 Å². The molecule has 1 N–H and O–H groups in total. The summed E-state index contributed by atoms with van der Waals surface area (Å²) in [5.74, 6) is 0.166. The van der Waals surface area contributed by atoms with E-state index >= 15 is 0 Å². The maximum Gasteiger partial charge on any atom is 0.237 e. The van der Waals surface area contributed by atoms with E-state index in [0.717, 1.165) is 26.1 Å². The van der Waals surface area contributed by atoms with Gasteiger partial charge in [0.25, 0.3) is 0 Å². The monoisotopic (exact) mass is 293 g/mol. The zero-order valence-corrected chi connectivity index (χ0v) is 13.5. The Morgan fingerprint density at radius 3 is 2.52 bits per heavy atom. The lowest BCUT2D eigenvalue weighted by Gasteiger charge is -2.31. The van der Waals surface area contributed by atoms with Gasteiger partial charge in [-0.15, -0.1) is 13.2 Å². The first-order chi connectivity index (χ1) is 10.2. The third-order valence-corrected chi connectivity index (χ3v) is 3.84. The largest absolute Gasteiger partial charge is 0.334 e. The molecule has 1 unspecified atom stereocenters. The Morgan fingerprint density at radius 2 is 2.00 bits per heavy atom. The summed E-state index contributed by atoms with van der Waals surface area (Å²) in [5.41, 5.74) is 0. The van der Waals surface area contributed by atoms with E-state index in [1.807, 2.05) is 0 Å². The van der Waals surface area contributed by atoms with Crippen LogP contribution in [-0.2, 0) is 4.79 Å². The lowest BCUT2D eigenvalue weighted by Crippen LogP contribution is -2.47. The summed E-state index contributed by atoms with van der Waals surface area (Å²) >= 11 is 0. The first kappa shape index (κ1) is 17.9. The molecule has 1 saturated heterocycles. The van der Waals surface area contributed by atoms with Gasteiger partial charge in [-0.25, -0.2) is 0 Å². The van der Waals surface area contributed by atoms with Crippen molar-refractivity contribution in [2.45, 2.75) is 38.6 Å². The quantitative estimate of drug-likeness (QED) is 0.626. The molecule has 1 atom stereocenters. The molecule has 1 heterocycles. The van der Waals surface area contributed by atoms with Crippen LogP contribution in [0.3, 0.4) is 0 Å². The molecule has 120 valence electrons. The Balaban J connectivity index is 2.51. The highest BCUT2D eigenvalue weighted by molar-refractivity contribution is 5.78. The lowest BCUT2D eigenvalue weighted by atomic mass is 10.0. The van der Waals surface area contributed by atoms with Crippen molar-refractivity contribution in [2.24, 2.45) is 0 Å². The van der Waals surface area contributed by atoms with Crippen molar-refractivity contribution in [3.8, 4) is 0 Å². The molecule has 0 spiro atoms. The van der Waals surface area contributed by atoms with Crippen molar-refractivity contribution in [3.05, 3.63) is 25.3 Å². The van der Waals surface area contributed by atoms with Crippen LogP contribution in [0, 0.1) is 0 Å². The normalized spacial score (nSPS) is 18.5. The fraction of sp³-hybridized carbons (Fsp3) is 0.706. The Hall–Kier alpha value is -1.13. The molecule has 1 rings (SSSR count). The van der Waals surface area contributed by atoms with Crippen molar-refractivity contribution < 1.29 is 4.79 Å². The molecule has 21 heavy (non-hydrogen) atoms. The van der Waals surface area contributed by atoms with E-state index in [-0.39, 0.29) is 5.91 Å². The van der Waals surface area contributed by atoms with E-state index in [4.69, 9.17) is 0 Å². The van der Waals surface area contributed by atoms with Gasteiger partial charge < -0.3 is 10.2 Å². The molecule has 1 aliphatic rings. The van der Waals surface area contributed by atoms with Gasteiger partial charge in [0.2, 0.25) is 5.91 Å². The third kappa shape index (κ3) is 6.91. The summed E-state index contributed by atoms with van der Waals surface area (Å²) in [7, 11) is 0. The van der Waals surface area contributed by atoms with Crippen molar-refractivity contribution >= 4 is 5.91 Å². The molecular weight excluding hydrogens is 262 g/mol. The van der Waals surface area contributed by atoms with E-state index in [9.17, 15) is 4.79 Å². The number of carbonyl (C=O) groups is 1. The number of carbonyl (C=O) groups excluding carboxylic acids is 1. The predicted octanol–water partition coefficient (Wildman–Crippen LogP) is 2.04. The zero-order chi connectivity index (χ0) is 15.5. The van der Waals surface area contributed by atoms with Gasteiger partial charge >= 0.3 is 0 Å². The minimum Gasteiger partial charge on any atom is -0.334 e. The molecule has 1 amide bonds. The third-order valence-electron chi connectivity index (χ3n) is 3.84. The van der Waals surface area contributed by atoms with Crippen LogP contribution >= 0.6 is 0 Å². The Morgan fingerprint density at radius 1 is 1.29 bits per heavy atom. The SMILES string of the molecule is C=CCN(CC=C)C(=O)CN(CCC)CC1CCCCN1. The number of nitrogens with one attached hydrogen (secondary N) is 1. The Bertz CT molecular complexity index is 314. The molecule has 0 saturated carbocycles. The highest BCUT2D eigenvalue weighted by atomic mass is 16.2. The first-order valence-corrected chi connectivity index (χ1v) is 8.16. The van der Waals surface area contributed by atoms with E-state index in [2.05, 4.69) is 30.3 Å². The average Bonchev–Trinajstić information content (AvgIpc) is 2.48. The number of hydrogen-bond donors (Lipinski definition) is 1. The number of hydrogen-bond acceptors (Lipinski definition) is 3. The molecule has 0 radical (unpaired) electrons. The summed E-state index contributed by atoms with van der Waals surface area (Å²) in [6, 6.07) is 0.533. The molecule has 1 fully saturated rings. The molecule has 1 aliphatic heterocycles. The lowest BCUT2D eigenvalue weighted by molar-refractivity contribution is -0.131. The minimum atomic E-state index is 0.166. The molecule has 4 nitrogen and oxygen atoms in total. The summed E-state index contributed by atoms with van der Waals surface area (Å²) in [5, 5.41) is 3.56. The maximum absolute atomic E-state index is 12.4. The standard InChI is InChI=1S/C17H31N3O/c1-4-11-19(14-16-9-7-8-10-18-16)15-17(21)20(12-5-2)13-6-3/h5-6,16,18H,2-4,7-15H2,1H3. The first-order valence-electron chi connectivity index (χ1n) is 8.16. The van der Waals surface area contributed by atoms with Crippen LogP contribution in [0.15, 0.2) is 25.3 Å². The van der Waals surface area contributed by atoms with Gasteiger partial charge in [-0.05, 0) is 32.4 Å². The molecule has 0 bridgehead atoms. The highest BCUT2D eigenvalue weighted by Crippen LogP contribution is 2.09. The second kappa shape index (κ2) is 10.6. The summed E-state index contributed by atoms with van der Waals surface area (Å²) in [6.45, 7) is 14.3. The molecule has 0 aromatic rings. The van der Waals surface area contributed by atoms with E-state index in [1.54, 1.807) is 17.1 Å². The average molecular weight is 293 g/mol. The van der Waals surface area contributed by atoms with Gasteiger partial charge in [-0.2, -0.15) is 0 Å². The van der Waals surface area contributed by atoms with Crippen LogP contribution in [0.25, 0.3) is 0 Å². The van der Waals surface area contributed by atoms with Gasteiger partial charge in [-0.1, -0.05) is 25.5 Å². The van der Waals surface area contributed by atoms with Gasteiger partial charge in [0.05, 0.1) is 6.54 Å². The molecule has 0 aromatic heterocycles.